The second-order valence-electron chi connectivity index (χ2n) is 8.55. The zero-order valence-corrected chi connectivity index (χ0v) is 17.5. The van der Waals surface area contributed by atoms with Gasteiger partial charge in [-0.05, 0) is 61.6 Å². The molecule has 32 heavy (non-hydrogen) atoms. The van der Waals surface area contributed by atoms with Gasteiger partial charge in [0.25, 0.3) is 5.91 Å². The summed E-state index contributed by atoms with van der Waals surface area (Å²) in [6.07, 6.45) is 4.98. The summed E-state index contributed by atoms with van der Waals surface area (Å²) >= 11 is 0. The van der Waals surface area contributed by atoms with E-state index in [2.05, 4.69) is 17.5 Å². The Kier molecular flexibility index (Phi) is 4.89. The van der Waals surface area contributed by atoms with Crippen molar-refractivity contribution in [3.63, 3.8) is 0 Å². The molecule has 2 aliphatic carbocycles. The minimum atomic E-state index is -0.659. The second-order valence-corrected chi connectivity index (χ2v) is 8.55. The molecule has 3 aliphatic rings. The summed E-state index contributed by atoms with van der Waals surface area (Å²) in [6.45, 7) is 1.53. The molecular weight excluding hydrogens is 408 g/mol. The highest BCUT2D eigenvalue weighted by atomic mass is 16.5. The molecule has 162 valence electrons. The Labute approximate surface area is 185 Å². The van der Waals surface area contributed by atoms with E-state index in [-0.39, 0.29) is 41.0 Å². The number of rotatable bonds is 5. The third kappa shape index (κ3) is 3.39. The van der Waals surface area contributed by atoms with Crippen molar-refractivity contribution < 1.29 is 23.9 Å². The monoisotopic (exact) mass is 430 g/mol. The second kappa shape index (κ2) is 7.75. The first-order chi connectivity index (χ1) is 15.4. The number of esters is 1. The number of allylic oxidation sites excluding steroid dienone is 2. The number of ether oxygens (including phenoxy) is 1. The summed E-state index contributed by atoms with van der Waals surface area (Å²) < 4.78 is 5.08. The molecule has 0 radical (unpaired) electrons. The third-order valence-electron chi connectivity index (χ3n) is 6.50. The summed E-state index contributed by atoms with van der Waals surface area (Å²) in [7, 11) is 0. The van der Waals surface area contributed by atoms with Gasteiger partial charge in [0.05, 0.1) is 23.1 Å². The average Bonchev–Trinajstić information content (AvgIpc) is 3.47. The van der Waals surface area contributed by atoms with E-state index in [1.54, 1.807) is 24.3 Å². The fourth-order valence-corrected chi connectivity index (χ4v) is 4.95. The smallest absolute Gasteiger partial charge is 0.338 e. The highest BCUT2D eigenvalue weighted by Gasteiger charge is 2.59. The van der Waals surface area contributed by atoms with E-state index >= 15 is 0 Å². The molecule has 2 fully saturated rings. The number of carbonyl (C=O) groups excluding carboxylic acids is 4. The summed E-state index contributed by atoms with van der Waals surface area (Å²) in [5.41, 5.74) is 2.37. The molecule has 1 heterocycles. The van der Waals surface area contributed by atoms with Gasteiger partial charge in [0.15, 0.2) is 6.61 Å². The lowest BCUT2D eigenvalue weighted by molar-refractivity contribution is -0.123. The highest BCUT2D eigenvalue weighted by molar-refractivity contribution is 6.22. The number of aryl methyl sites for hydroxylation is 1. The number of nitrogens with one attached hydrogen (secondary N) is 1. The van der Waals surface area contributed by atoms with E-state index in [1.165, 1.54) is 17.0 Å². The largest absolute Gasteiger partial charge is 0.452 e. The van der Waals surface area contributed by atoms with Gasteiger partial charge in [0, 0.05) is 5.69 Å². The topological polar surface area (TPSA) is 92.8 Å². The lowest BCUT2D eigenvalue weighted by Gasteiger charge is -2.17. The number of benzene rings is 2. The summed E-state index contributed by atoms with van der Waals surface area (Å²) in [5, 5.41) is 2.66. The molecule has 7 nitrogen and oxygen atoms in total. The fraction of sp³-hybridized carbons (Fsp3) is 0.280. The quantitative estimate of drug-likeness (QED) is 0.447. The van der Waals surface area contributed by atoms with Gasteiger partial charge < -0.3 is 10.1 Å². The predicted molar refractivity (Wildman–Crippen MR) is 117 cm³/mol. The zero-order valence-electron chi connectivity index (χ0n) is 17.5. The number of anilines is 2. The maximum absolute atomic E-state index is 12.9. The minimum Gasteiger partial charge on any atom is -0.452 e. The summed E-state index contributed by atoms with van der Waals surface area (Å²) in [5.74, 6) is -1.68. The molecule has 2 aromatic carbocycles. The van der Waals surface area contributed by atoms with Gasteiger partial charge in [-0.2, -0.15) is 0 Å². The van der Waals surface area contributed by atoms with Crippen LogP contribution in [0.4, 0.5) is 11.4 Å². The molecule has 2 bridgehead atoms. The number of amides is 3. The van der Waals surface area contributed by atoms with Crippen molar-refractivity contribution in [1.82, 2.24) is 0 Å². The van der Waals surface area contributed by atoms with Crippen LogP contribution in [0.5, 0.6) is 0 Å². The predicted octanol–water partition coefficient (Wildman–Crippen LogP) is 3.10. The van der Waals surface area contributed by atoms with Crippen molar-refractivity contribution >= 4 is 35.1 Å². The number of hydrogen-bond acceptors (Lipinski definition) is 5. The van der Waals surface area contributed by atoms with Crippen LogP contribution in [0.2, 0.25) is 0 Å². The maximum atomic E-state index is 12.9. The molecule has 1 saturated heterocycles. The number of fused-ring (bicyclic) bond motifs is 5. The Morgan fingerprint density at radius 1 is 0.938 bits per heavy atom. The molecule has 0 aromatic heterocycles. The molecule has 5 rings (SSSR count). The molecule has 3 amide bonds. The van der Waals surface area contributed by atoms with Gasteiger partial charge in [-0.25, -0.2) is 4.79 Å². The lowest BCUT2D eigenvalue weighted by Crippen LogP contribution is -2.32. The van der Waals surface area contributed by atoms with Crippen LogP contribution in [0.15, 0.2) is 60.7 Å². The van der Waals surface area contributed by atoms with Gasteiger partial charge in [0.2, 0.25) is 11.8 Å². The zero-order chi connectivity index (χ0) is 22.4. The Morgan fingerprint density at radius 3 is 2.12 bits per heavy atom. The van der Waals surface area contributed by atoms with Crippen LogP contribution < -0.4 is 10.2 Å². The summed E-state index contributed by atoms with van der Waals surface area (Å²) in [4.78, 5) is 51.3. The van der Waals surface area contributed by atoms with Crippen LogP contribution in [0, 0.1) is 30.6 Å². The maximum Gasteiger partial charge on any atom is 0.338 e. The van der Waals surface area contributed by atoms with Gasteiger partial charge in [-0.1, -0.05) is 29.8 Å². The Balaban J connectivity index is 1.20. The molecule has 1 N–H and O–H groups in total. The van der Waals surface area contributed by atoms with Crippen LogP contribution in [-0.2, 0) is 19.1 Å². The van der Waals surface area contributed by atoms with E-state index in [0.29, 0.717) is 11.4 Å². The lowest BCUT2D eigenvalue weighted by atomic mass is 9.85. The first-order valence-corrected chi connectivity index (χ1v) is 10.6. The standard InChI is InChI=1S/C25H22N2O5/c1-14-2-8-18(9-3-14)26-20(28)13-32-25(31)15-6-10-19(11-7-15)27-23(29)21-16-4-5-17(12-16)22(21)24(27)30/h2-11,16-17,21-22H,12-13H2,1H3,(H,26,28)/t16-,17-,21-,22-/m0/s1. The summed E-state index contributed by atoms with van der Waals surface area (Å²) in [6, 6.07) is 13.4. The van der Waals surface area contributed by atoms with Crippen molar-refractivity contribution in [3.05, 3.63) is 71.8 Å². The number of nitrogens with zero attached hydrogens (tertiary/aromatic N) is 1. The Hall–Kier alpha value is -3.74. The van der Waals surface area contributed by atoms with Crippen molar-refractivity contribution in [2.75, 3.05) is 16.8 Å². The number of hydrogen-bond donors (Lipinski definition) is 1. The number of carbonyl (C=O) groups is 4. The molecule has 2 aromatic rings. The molecule has 1 saturated carbocycles. The molecule has 7 heteroatoms. The Morgan fingerprint density at radius 2 is 1.53 bits per heavy atom. The van der Waals surface area contributed by atoms with Crippen molar-refractivity contribution in [2.24, 2.45) is 23.7 Å². The van der Waals surface area contributed by atoms with Crippen molar-refractivity contribution in [2.45, 2.75) is 13.3 Å². The van der Waals surface area contributed by atoms with Crippen LogP contribution in [0.25, 0.3) is 0 Å². The molecule has 4 atom stereocenters. The van der Waals surface area contributed by atoms with E-state index in [1.807, 2.05) is 19.1 Å². The minimum absolute atomic E-state index is 0.145. The van der Waals surface area contributed by atoms with Gasteiger partial charge in [-0.3, -0.25) is 19.3 Å². The molecule has 1 aliphatic heterocycles. The van der Waals surface area contributed by atoms with E-state index in [4.69, 9.17) is 4.74 Å². The van der Waals surface area contributed by atoms with Crippen LogP contribution in [0.3, 0.4) is 0 Å². The number of imide groups is 1. The van der Waals surface area contributed by atoms with Gasteiger partial charge >= 0.3 is 5.97 Å². The van der Waals surface area contributed by atoms with Crippen LogP contribution in [-0.4, -0.2) is 30.3 Å². The fourth-order valence-electron chi connectivity index (χ4n) is 4.95. The van der Waals surface area contributed by atoms with E-state index in [9.17, 15) is 19.2 Å². The van der Waals surface area contributed by atoms with Crippen LogP contribution >= 0.6 is 0 Å². The third-order valence-corrected chi connectivity index (χ3v) is 6.50. The van der Waals surface area contributed by atoms with E-state index in [0.717, 1.165) is 12.0 Å². The first-order valence-electron chi connectivity index (χ1n) is 10.6. The van der Waals surface area contributed by atoms with Gasteiger partial charge in [-0.15, -0.1) is 0 Å². The molecular formula is C25H22N2O5. The van der Waals surface area contributed by atoms with Gasteiger partial charge in [0.1, 0.15) is 0 Å². The van der Waals surface area contributed by atoms with Crippen molar-refractivity contribution in [3.8, 4) is 0 Å². The highest BCUT2D eigenvalue weighted by Crippen LogP contribution is 2.53. The average molecular weight is 430 g/mol. The Bertz CT molecular complexity index is 1110. The first kappa shape index (κ1) is 20.2. The molecule has 0 unspecified atom stereocenters. The normalized spacial score (nSPS) is 25.2. The van der Waals surface area contributed by atoms with E-state index < -0.39 is 18.5 Å². The van der Waals surface area contributed by atoms with Crippen molar-refractivity contribution in [1.29, 1.82) is 0 Å². The van der Waals surface area contributed by atoms with Crippen LogP contribution in [0.1, 0.15) is 22.3 Å². The molecule has 0 spiro atoms. The SMILES string of the molecule is Cc1ccc(NC(=O)COC(=O)c2ccc(N3C(=O)[C@@H]4[C@@H](C3=O)[C@H]3C=C[C@H]4C3)cc2)cc1.